The summed E-state index contributed by atoms with van der Waals surface area (Å²) in [7, 11) is 0. The fraction of sp³-hybridized carbons (Fsp3) is 0.192. The third kappa shape index (κ3) is 3.38. The maximum atomic E-state index is 15.2. The molecule has 4 aromatic rings. The van der Waals surface area contributed by atoms with Gasteiger partial charge in [-0.3, -0.25) is 9.78 Å². The van der Waals surface area contributed by atoms with Gasteiger partial charge in [-0.25, -0.2) is 9.37 Å². The number of hydrogen-bond acceptors (Lipinski definition) is 4. The summed E-state index contributed by atoms with van der Waals surface area (Å²) in [6.45, 7) is 5.11. The molecule has 2 aromatic carbocycles. The van der Waals surface area contributed by atoms with Crippen molar-refractivity contribution in [1.82, 2.24) is 14.9 Å². The van der Waals surface area contributed by atoms with Crippen molar-refractivity contribution < 1.29 is 9.18 Å². The number of fused-ring (bicyclic) bond motifs is 2. The van der Waals surface area contributed by atoms with Gasteiger partial charge in [0, 0.05) is 41.0 Å². The Morgan fingerprint density at radius 3 is 2.62 bits per heavy atom. The van der Waals surface area contributed by atoms with E-state index in [1.54, 1.807) is 29.4 Å². The Kier molecular flexibility index (Phi) is 5.05. The molecule has 1 aliphatic rings. The van der Waals surface area contributed by atoms with E-state index >= 15 is 4.39 Å². The van der Waals surface area contributed by atoms with Crippen molar-refractivity contribution in [1.29, 1.82) is 0 Å². The molecule has 1 amide bonds. The highest BCUT2D eigenvalue weighted by Gasteiger charge is 2.29. The first-order valence-corrected chi connectivity index (χ1v) is 10.7. The minimum atomic E-state index is -0.286. The van der Waals surface area contributed by atoms with E-state index in [0.717, 1.165) is 27.6 Å². The Hall–Kier alpha value is -3.80. The maximum Gasteiger partial charge on any atom is 0.254 e. The SMILES string of the molecule is CCN1Cc2c(ccnc2NC(C)c2ccc(-c3ccnc4ccccc34)c(F)c2)C1=O. The predicted octanol–water partition coefficient (Wildman–Crippen LogP) is 5.58. The smallest absolute Gasteiger partial charge is 0.254 e. The quantitative estimate of drug-likeness (QED) is 0.452. The molecule has 0 spiro atoms. The van der Waals surface area contributed by atoms with Crippen LogP contribution in [-0.2, 0) is 6.54 Å². The lowest BCUT2D eigenvalue weighted by atomic mass is 9.98. The lowest BCUT2D eigenvalue weighted by molar-refractivity contribution is 0.0787. The Labute approximate surface area is 185 Å². The molecule has 2 aromatic heterocycles. The van der Waals surface area contributed by atoms with Crippen molar-refractivity contribution in [2.75, 3.05) is 11.9 Å². The van der Waals surface area contributed by atoms with E-state index in [1.165, 1.54) is 0 Å². The molecule has 5 rings (SSSR count). The number of carbonyl (C=O) groups excluding carboxylic acids is 1. The summed E-state index contributed by atoms with van der Waals surface area (Å²) in [6.07, 6.45) is 3.35. The monoisotopic (exact) mass is 426 g/mol. The molecule has 3 heterocycles. The van der Waals surface area contributed by atoms with Crippen LogP contribution in [0, 0.1) is 5.82 Å². The van der Waals surface area contributed by atoms with Gasteiger partial charge < -0.3 is 10.2 Å². The topological polar surface area (TPSA) is 58.1 Å². The predicted molar refractivity (Wildman–Crippen MR) is 124 cm³/mol. The zero-order valence-corrected chi connectivity index (χ0v) is 18.0. The molecule has 6 heteroatoms. The molecule has 0 bridgehead atoms. The minimum absolute atomic E-state index is 0.0283. The molecule has 0 saturated heterocycles. The number of anilines is 1. The van der Waals surface area contributed by atoms with E-state index in [-0.39, 0.29) is 17.8 Å². The van der Waals surface area contributed by atoms with Gasteiger partial charge in [-0.15, -0.1) is 0 Å². The average molecular weight is 426 g/mol. The standard InChI is InChI=1S/C26H23FN4O/c1-3-31-15-22-21(26(31)32)11-13-29-25(22)30-16(2)17-8-9-19(23(27)14-17)18-10-12-28-24-7-5-4-6-20(18)24/h4-14,16H,3,15H2,1-2H3,(H,29,30). The van der Waals surface area contributed by atoms with Crippen molar-refractivity contribution >= 4 is 22.6 Å². The number of amides is 1. The van der Waals surface area contributed by atoms with Crippen LogP contribution < -0.4 is 5.32 Å². The first-order valence-electron chi connectivity index (χ1n) is 10.7. The van der Waals surface area contributed by atoms with Crippen LogP contribution in [0.1, 0.15) is 41.4 Å². The second-order valence-corrected chi connectivity index (χ2v) is 7.99. The summed E-state index contributed by atoms with van der Waals surface area (Å²) >= 11 is 0. The summed E-state index contributed by atoms with van der Waals surface area (Å²) < 4.78 is 15.2. The van der Waals surface area contributed by atoms with Crippen molar-refractivity contribution in [3.8, 4) is 11.1 Å². The van der Waals surface area contributed by atoms with Crippen LogP contribution in [0.5, 0.6) is 0 Å². The van der Waals surface area contributed by atoms with Gasteiger partial charge in [0.25, 0.3) is 5.91 Å². The van der Waals surface area contributed by atoms with Crippen LogP contribution in [0.15, 0.2) is 67.0 Å². The summed E-state index contributed by atoms with van der Waals surface area (Å²) in [5.74, 6) is 0.413. The summed E-state index contributed by atoms with van der Waals surface area (Å²) in [4.78, 5) is 23.1. The molecule has 1 atom stereocenters. The molecular formula is C26H23FN4O. The van der Waals surface area contributed by atoms with Crippen LogP contribution in [0.4, 0.5) is 10.2 Å². The minimum Gasteiger partial charge on any atom is -0.363 e. The number of para-hydroxylation sites is 1. The molecule has 5 nitrogen and oxygen atoms in total. The lowest BCUT2D eigenvalue weighted by Crippen LogP contribution is -2.22. The number of aromatic nitrogens is 2. The maximum absolute atomic E-state index is 15.2. The Bertz CT molecular complexity index is 1330. The summed E-state index contributed by atoms with van der Waals surface area (Å²) in [5, 5.41) is 4.29. The normalized spacial score (nSPS) is 14.0. The molecule has 0 aliphatic carbocycles. The molecule has 0 saturated carbocycles. The van der Waals surface area contributed by atoms with Crippen molar-refractivity contribution in [3.05, 3.63) is 89.5 Å². The molecule has 1 unspecified atom stereocenters. The number of nitrogens with zero attached hydrogens (tertiary/aromatic N) is 3. The summed E-state index contributed by atoms with van der Waals surface area (Å²) in [6, 6.07) is 16.5. The summed E-state index contributed by atoms with van der Waals surface area (Å²) in [5.41, 5.74) is 4.58. The van der Waals surface area contributed by atoms with E-state index in [1.807, 2.05) is 56.3 Å². The molecule has 0 radical (unpaired) electrons. The lowest BCUT2D eigenvalue weighted by Gasteiger charge is -2.18. The zero-order chi connectivity index (χ0) is 22.2. The van der Waals surface area contributed by atoms with E-state index in [9.17, 15) is 4.79 Å². The Morgan fingerprint density at radius 1 is 1.03 bits per heavy atom. The van der Waals surface area contributed by atoms with Gasteiger partial charge in [0.1, 0.15) is 11.6 Å². The number of carbonyl (C=O) groups is 1. The highest BCUT2D eigenvalue weighted by Crippen LogP contribution is 2.33. The first kappa shape index (κ1) is 20.1. The van der Waals surface area contributed by atoms with E-state index in [0.29, 0.717) is 30.0 Å². The largest absolute Gasteiger partial charge is 0.363 e. The number of pyridine rings is 2. The molecule has 1 N–H and O–H groups in total. The van der Waals surface area contributed by atoms with Gasteiger partial charge in [0.2, 0.25) is 0 Å². The molecular weight excluding hydrogens is 403 g/mol. The van der Waals surface area contributed by atoms with Crippen LogP contribution in [-0.4, -0.2) is 27.3 Å². The van der Waals surface area contributed by atoms with Crippen molar-refractivity contribution in [3.63, 3.8) is 0 Å². The zero-order valence-electron chi connectivity index (χ0n) is 18.0. The third-order valence-corrected chi connectivity index (χ3v) is 6.09. The fourth-order valence-electron chi connectivity index (χ4n) is 4.30. The highest BCUT2D eigenvalue weighted by atomic mass is 19.1. The number of rotatable bonds is 5. The van der Waals surface area contributed by atoms with Gasteiger partial charge in [-0.2, -0.15) is 0 Å². The van der Waals surface area contributed by atoms with Gasteiger partial charge in [-0.1, -0.05) is 30.3 Å². The van der Waals surface area contributed by atoms with Crippen LogP contribution in [0.25, 0.3) is 22.0 Å². The molecule has 160 valence electrons. The van der Waals surface area contributed by atoms with Crippen LogP contribution in [0.2, 0.25) is 0 Å². The number of benzene rings is 2. The second kappa shape index (κ2) is 8.04. The van der Waals surface area contributed by atoms with E-state index in [4.69, 9.17) is 0 Å². The van der Waals surface area contributed by atoms with Crippen molar-refractivity contribution in [2.45, 2.75) is 26.4 Å². The fourth-order valence-corrected chi connectivity index (χ4v) is 4.30. The van der Waals surface area contributed by atoms with Gasteiger partial charge >= 0.3 is 0 Å². The molecule has 1 aliphatic heterocycles. The average Bonchev–Trinajstić information content (AvgIpc) is 3.15. The van der Waals surface area contributed by atoms with E-state index in [2.05, 4.69) is 15.3 Å². The van der Waals surface area contributed by atoms with Gasteiger partial charge in [0.05, 0.1) is 18.1 Å². The van der Waals surface area contributed by atoms with Crippen LogP contribution >= 0.6 is 0 Å². The second-order valence-electron chi connectivity index (χ2n) is 7.99. The number of hydrogen-bond donors (Lipinski definition) is 1. The Balaban J connectivity index is 1.44. The molecule has 0 fully saturated rings. The van der Waals surface area contributed by atoms with Gasteiger partial charge in [0.15, 0.2) is 0 Å². The highest BCUT2D eigenvalue weighted by molar-refractivity contribution is 5.99. The van der Waals surface area contributed by atoms with Gasteiger partial charge in [-0.05, 0) is 49.2 Å². The number of halogens is 1. The van der Waals surface area contributed by atoms with Crippen molar-refractivity contribution in [2.24, 2.45) is 0 Å². The number of nitrogens with one attached hydrogen (secondary N) is 1. The van der Waals surface area contributed by atoms with Crippen LogP contribution in [0.3, 0.4) is 0 Å². The molecule has 32 heavy (non-hydrogen) atoms. The Morgan fingerprint density at radius 2 is 1.81 bits per heavy atom. The van der Waals surface area contributed by atoms with E-state index < -0.39 is 0 Å². The first-order chi connectivity index (χ1) is 15.6. The third-order valence-electron chi connectivity index (χ3n) is 6.09.